The van der Waals surface area contributed by atoms with E-state index >= 15 is 0 Å². The van der Waals surface area contributed by atoms with Gasteiger partial charge in [0.05, 0.1) is 6.04 Å². The van der Waals surface area contributed by atoms with Crippen molar-refractivity contribution in [2.45, 2.75) is 32.7 Å². The second-order valence-electron chi connectivity index (χ2n) is 6.13. The quantitative estimate of drug-likeness (QED) is 0.843. The molecule has 0 aromatic heterocycles. The number of ketones is 1. The highest BCUT2D eigenvalue weighted by Crippen LogP contribution is 2.17. The van der Waals surface area contributed by atoms with Crippen LogP contribution in [0.2, 0.25) is 0 Å². The summed E-state index contributed by atoms with van der Waals surface area (Å²) in [4.78, 5) is 17.2. The molecule has 1 aromatic carbocycles. The Morgan fingerprint density at radius 2 is 1.85 bits per heavy atom. The summed E-state index contributed by atoms with van der Waals surface area (Å²) in [6.45, 7) is 7.13. The number of Topliss-reactive ketones (excluding diaryl/α,β-unsaturated/α-hetero) is 1. The largest absolute Gasteiger partial charge is 0.304 e. The van der Waals surface area contributed by atoms with Crippen LogP contribution in [0.15, 0.2) is 18.2 Å². The summed E-state index contributed by atoms with van der Waals surface area (Å²) in [5.41, 5.74) is 3.66. The normalized spacial score (nSPS) is 21.7. The van der Waals surface area contributed by atoms with Gasteiger partial charge in [0.25, 0.3) is 0 Å². The summed E-state index contributed by atoms with van der Waals surface area (Å²) in [7, 11) is 4.19. The van der Waals surface area contributed by atoms with Gasteiger partial charge in [-0.05, 0) is 64.1 Å². The van der Waals surface area contributed by atoms with Crippen LogP contribution in [-0.2, 0) is 11.2 Å². The van der Waals surface area contributed by atoms with E-state index in [0.29, 0.717) is 12.2 Å². The molecule has 1 aromatic rings. The lowest BCUT2D eigenvalue weighted by atomic mass is 9.95. The third kappa shape index (κ3) is 3.47. The second kappa shape index (κ2) is 6.51. The summed E-state index contributed by atoms with van der Waals surface area (Å²) >= 11 is 0. The molecule has 1 fully saturated rings. The first kappa shape index (κ1) is 15.2. The van der Waals surface area contributed by atoms with Gasteiger partial charge >= 0.3 is 0 Å². The molecule has 1 heterocycles. The SMILES string of the molecule is Cc1cccc(C)c1CC(=O)C1CN(C)CCCN1C. The molecule has 1 atom stereocenters. The van der Waals surface area contributed by atoms with Gasteiger partial charge in [-0.3, -0.25) is 9.69 Å². The fourth-order valence-corrected chi connectivity index (χ4v) is 3.04. The maximum atomic E-state index is 12.7. The monoisotopic (exact) mass is 274 g/mol. The van der Waals surface area contributed by atoms with Gasteiger partial charge in [-0.2, -0.15) is 0 Å². The maximum absolute atomic E-state index is 12.7. The number of benzene rings is 1. The minimum absolute atomic E-state index is 0.0292. The Hall–Kier alpha value is -1.19. The van der Waals surface area contributed by atoms with E-state index in [1.807, 2.05) is 0 Å². The predicted molar refractivity (Wildman–Crippen MR) is 83.2 cm³/mol. The summed E-state index contributed by atoms with van der Waals surface area (Å²) in [5, 5.41) is 0. The van der Waals surface area contributed by atoms with Gasteiger partial charge < -0.3 is 4.90 Å². The van der Waals surface area contributed by atoms with Crippen molar-refractivity contribution in [1.29, 1.82) is 0 Å². The number of rotatable bonds is 3. The Labute approximate surface area is 122 Å². The summed E-state index contributed by atoms with van der Waals surface area (Å²) < 4.78 is 0. The molecule has 0 radical (unpaired) electrons. The molecule has 0 N–H and O–H groups in total. The maximum Gasteiger partial charge on any atom is 0.155 e. The molecule has 0 bridgehead atoms. The fourth-order valence-electron chi connectivity index (χ4n) is 3.04. The van der Waals surface area contributed by atoms with Crippen LogP contribution in [-0.4, -0.2) is 55.4 Å². The molecule has 1 aliphatic heterocycles. The molecule has 0 saturated carbocycles. The lowest BCUT2D eigenvalue weighted by Crippen LogP contribution is -2.44. The molecule has 1 unspecified atom stereocenters. The van der Waals surface area contributed by atoms with E-state index in [9.17, 15) is 4.79 Å². The summed E-state index contributed by atoms with van der Waals surface area (Å²) in [6.07, 6.45) is 1.70. The fraction of sp³-hybridized carbons (Fsp3) is 0.588. The molecule has 3 nitrogen and oxygen atoms in total. The Balaban J connectivity index is 2.14. The van der Waals surface area contributed by atoms with Crippen LogP contribution in [0.1, 0.15) is 23.1 Å². The smallest absolute Gasteiger partial charge is 0.155 e. The van der Waals surface area contributed by atoms with Crippen LogP contribution in [0.5, 0.6) is 0 Å². The van der Waals surface area contributed by atoms with Gasteiger partial charge in [-0.15, -0.1) is 0 Å². The highest BCUT2D eigenvalue weighted by Gasteiger charge is 2.27. The van der Waals surface area contributed by atoms with E-state index in [1.54, 1.807) is 0 Å². The molecular formula is C17H26N2O. The van der Waals surface area contributed by atoms with Crippen LogP contribution >= 0.6 is 0 Å². The van der Waals surface area contributed by atoms with Crippen molar-refractivity contribution in [2.24, 2.45) is 0 Å². The molecule has 0 spiro atoms. The van der Waals surface area contributed by atoms with Gasteiger partial charge in [0.15, 0.2) is 5.78 Å². The van der Waals surface area contributed by atoms with Crippen molar-refractivity contribution in [3.63, 3.8) is 0 Å². The highest BCUT2D eigenvalue weighted by molar-refractivity contribution is 5.87. The zero-order valence-corrected chi connectivity index (χ0v) is 13.1. The van der Waals surface area contributed by atoms with E-state index in [1.165, 1.54) is 16.7 Å². The Morgan fingerprint density at radius 3 is 2.50 bits per heavy atom. The molecule has 20 heavy (non-hydrogen) atoms. The highest BCUT2D eigenvalue weighted by atomic mass is 16.1. The van der Waals surface area contributed by atoms with Crippen LogP contribution in [0.4, 0.5) is 0 Å². The van der Waals surface area contributed by atoms with Crippen molar-refractivity contribution < 1.29 is 4.79 Å². The number of aryl methyl sites for hydroxylation is 2. The van der Waals surface area contributed by atoms with Crippen molar-refractivity contribution in [1.82, 2.24) is 9.80 Å². The lowest BCUT2D eigenvalue weighted by Gasteiger charge is -2.26. The zero-order chi connectivity index (χ0) is 14.7. The molecule has 3 heteroatoms. The van der Waals surface area contributed by atoms with E-state index in [0.717, 1.165) is 26.1 Å². The zero-order valence-electron chi connectivity index (χ0n) is 13.1. The Kier molecular flexibility index (Phi) is 4.95. The first-order valence-corrected chi connectivity index (χ1v) is 7.45. The minimum Gasteiger partial charge on any atom is -0.304 e. The standard InChI is InChI=1S/C17H26N2O/c1-13-7-5-8-14(2)15(13)11-17(20)16-12-18(3)9-6-10-19(16)4/h5,7-8,16H,6,9-12H2,1-4H3. The molecule has 2 rings (SSSR count). The molecule has 0 amide bonds. The topological polar surface area (TPSA) is 23.6 Å². The van der Waals surface area contributed by atoms with Crippen LogP contribution in [0.3, 0.4) is 0 Å². The van der Waals surface area contributed by atoms with Crippen LogP contribution in [0, 0.1) is 13.8 Å². The predicted octanol–water partition coefficient (Wildman–Crippen LogP) is 2.05. The van der Waals surface area contributed by atoms with E-state index < -0.39 is 0 Å². The lowest BCUT2D eigenvalue weighted by molar-refractivity contribution is -0.123. The number of hydrogen-bond donors (Lipinski definition) is 0. The summed E-state index contributed by atoms with van der Waals surface area (Å²) in [6, 6.07) is 6.28. The molecular weight excluding hydrogens is 248 g/mol. The number of carbonyl (C=O) groups excluding carboxylic acids is 1. The van der Waals surface area contributed by atoms with Gasteiger partial charge in [0.2, 0.25) is 0 Å². The van der Waals surface area contributed by atoms with E-state index in [2.05, 4.69) is 55.9 Å². The van der Waals surface area contributed by atoms with Gasteiger partial charge in [0.1, 0.15) is 0 Å². The van der Waals surface area contributed by atoms with Crippen LogP contribution < -0.4 is 0 Å². The van der Waals surface area contributed by atoms with E-state index in [-0.39, 0.29) is 6.04 Å². The second-order valence-corrected chi connectivity index (χ2v) is 6.13. The number of hydrogen-bond acceptors (Lipinski definition) is 3. The molecule has 1 saturated heterocycles. The average molecular weight is 274 g/mol. The van der Waals surface area contributed by atoms with E-state index in [4.69, 9.17) is 0 Å². The van der Waals surface area contributed by atoms with Gasteiger partial charge in [-0.25, -0.2) is 0 Å². The number of likely N-dealkylation sites (N-methyl/N-ethyl adjacent to an activating group) is 2. The minimum atomic E-state index is 0.0292. The average Bonchev–Trinajstić information content (AvgIpc) is 2.56. The molecule has 0 aliphatic carbocycles. The Morgan fingerprint density at radius 1 is 1.20 bits per heavy atom. The number of nitrogens with zero attached hydrogens (tertiary/aromatic N) is 2. The van der Waals surface area contributed by atoms with Crippen molar-refractivity contribution in [3.05, 3.63) is 34.9 Å². The van der Waals surface area contributed by atoms with Crippen molar-refractivity contribution in [2.75, 3.05) is 33.7 Å². The Bertz CT molecular complexity index is 464. The molecule has 110 valence electrons. The van der Waals surface area contributed by atoms with Gasteiger partial charge in [-0.1, -0.05) is 18.2 Å². The first-order chi connectivity index (χ1) is 9.49. The molecule has 1 aliphatic rings. The van der Waals surface area contributed by atoms with Crippen molar-refractivity contribution >= 4 is 5.78 Å². The first-order valence-electron chi connectivity index (χ1n) is 7.45. The third-order valence-electron chi connectivity index (χ3n) is 4.43. The summed E-state index contributed by atoms with van der Waals surface area (Å²) in [5.74, 6) is 0.346. The third-order valence-corrected chi connectivity index (χ3v) is 4.43. The van der Waals surface area contributed by atoms with Crippen molar-refractivity contribution in [3.8, 4) is 0 Å². The van der Waals surface area contributed by atoms with Gasteiger partial charge in [0, 0.05) is 13.0 Å². The number of carbonyl (C=O) groups is 1. The van der Waals surface area contributed by atoms with Crippen LogP contribution in [0.25, 0.3) is 0 Å².